The second-order valence-corrected chi connectivity index (χ2v) is 6.27. The second-order valence-electron chi connectivity index (χ2n) is 5.83. The molecule has 142 valence electrons. The van der Waals surface area contributed by atoms with E-state index in [4.69, 9.17) is 11.6 Å². The summed E-state index contributed by atoms with van der Waals surface area (Å²) in [6.45, 7) is 0.778. The number of hydrogen-bond donors (Lipinski definition) is 2. The monoisotopic (exact) mass is 388 g/mol. The quantitative estimate of drug-likeness (QED) is 0.538. The third-order valence-electron chi connectivity index (χ3n) is 3.84. The average Bonchev–Trinajstić information content (AvgIpc) is 2.69. The van der Waals surface area contributed by atoms with Crippen LogP contribution >= 0.6 is 11.6 Å². The molecule has 0 aliphatic rings. The van der Waals surface area contributed by atoms with Crippen LogP contribution in [0.25, 0.3) is 0 Å². The zero-order chi connectivity index (χ0) is 19.6. The molecule has 0 spiro atoms. The van der Waals surface area contributed by atoms with Crippen LogP contribution in [0.5, 0.6) is 0 Å². The lowest BCUT2D eigenvalue weighted by Crippen LogP contribution is -2.27. The van der Waals surface area contributed by atoms with Crippen molar-refractivity contribution in [2.75, 3.05) is 13.7 Å². The number of esters is 1. The van der Waals surface area contributed by atoms with E-state index in [9.17, 15) is 14.4 Å². The topological polar surface area (TPSA) is 84.5 Å². The lowest BCUT2D eigenvalue weighted by molar-refractivity contribution is -0.121. The Bertz CT molecular complexity index is 789. The van der Waals surface area contributed by atoms with E-state index in [0.29, 0.717) is 42.1 Å². The molecule has 0 saturated carbocycles. The van der Waals surface area contributed by atoms with E-state index in [1.165, 1.54) is 7.11 Å². The number of hydrogen-bond acceptors (Lipinski definition) is 4. The van der Waals surface area contributed by atoms with Crippen LogP contribution in [0.15, 0.2) is 48.5 Å². The van der Waals surface area contributed by atoms with Gasteiger partial charge in [0.05, 0.1) is 12.7 Å². The van der Waals surface area contributed by atoms with Crippen LogP contribution in [0.3, 0.4) is 0 Å². The number of benzene rings is 2. The van der Waals surface area contributed by atoms with Gasteiger partial charge in [-0.15, -0.1) is 0 Å². The summed E-state index contributed by atoms with van der Waals surface area (Å²) in [6.07, 6.45) is 0.841. The maximum absolute atomic E-state index is 11.9. The summed E-state index contributed by atoms with van der Waals surface area (Å²) in [5, 5.41) is 6.14. The van der Waals surface area contributed by atoms with Crippen molar-refractivity contribution in [3.05, 3.63) is 70.2 Å². The normalized spacial score (nSPS) is 10.1. The van der Waals surface area contributed by atoms with Crippen LogP contribution in [0.1, 0.15) is 39.1 Å². The molecule has 0 atom stereocenters. The second kappa shape index (κ2) is 10.3. The zero-order valence-corrected chi connectivity index (χ0v) is 15.7. The number of ether oxygens (including phenoxy) is 1. The molecule has 2 amide bonds. The van der Waals surface area contributed by atoms with Gasteiger partial charge in [0.2, 0.25) is 5.91 Å². The molecular weight excluding hydrogens is 368 g/mol. The van der Waals surface area contributed by atoms with Crippen molar-refractivity contribution in [3.8, 4) is 0 Å². The molecule has 0 aliphatic carbocycles. The van der Waals surface area contributed by atoms with Crippen LogP contribution in [0, 0.1) is 0 Å². The number of halogens is 1. The van der Waals surface area contributed by atoms with Gasteiger partial charge >= 0.3 is 5.97 Å². The first-order chi connectivity index (χ1) is 13.0. The van der Waals surface area contributed by atoms with Crippen molar-refractivity contribution < 1.29 is 19.1 Å². The molecule has 2 aromatic carbocycles. The maximum Gasteiger partial charge on any atom is 0.337 e. The number of rotatable bonds is 8. The SMILES string of the molecule is COC(=O)c1ccc(CNC(=O)CCCNC(=O)c2ccc(Cl)cc2)cc1. The largest absolute Gasteiger partial charge is 0.465 e. The molecular formula is C20H21ClN2O4. The molecule has 2 aromatic rings. The zero-order valence-electron chi connectivity index (χ0n) is 15.0. The Morgan fingerprint density at radius 3 is 2.19 bits per heavy atom. The van der Waals surface area contributed by atoms with E-state index < -0.39 is 5.97 Å². The van der Waals surface area contributed by atoms with E-state index in [1.54, 1.807) is 48.5 Å². The van der Waals surface area contributed by atoms with Gasteiger partial charge in [-0.3, -0.25) is 9.59 Å². The van der Waals surface area contributed by atoms with Gasteiger partial charge < -0.3 is 15.4 Å². The third-order valence-corrected chi connectivity index (χ3v) is 4.09. The molecule has 0 aliphatic heterocycles. The molecule has 0 bridgehead atoms. The predicted molar refractivity (Wildman–Crippen MR) is 103 cm³/mol. The third kappa shape index (κ3) is 6.75. The van der Waals surface area contributed by atoms with Gasteiger partial charge in [0.15, 0.2) is 0 Å². The lowest BCUT2D eigenvalue weighted by atomic mass is 10.1. The summed E-state index contributed by atoms with van der Waals surface area (Å²) in [4.78, 5) is 35.2. The molecule has 0 fully saturated rings. The van der Waals surface area contributed by atoms with Crippen LogP contribution in [-0.4, -0.2) is 31.4 Å². The van der Waals surface area contributed by atoms with Crippen molar-refractivity contribution >= 4 is 29.4 Å². The average molecular weight is 389 g/mol. The molecule has 0 radical (unpaired) electrons. The summed E-state index contributed by atoms with van der Waals surface area (Å²) in [5.41, 5.74) is 1.87. The van der Waals surface area contributed by atoms with Crippen LogP contribution < -0.4 is 10.6 Å². The van der Waals surface area contributed by atoms with Gasteiger partial charge in [0.25, 0.3) is 5.91 Å². The number of carbonyl (C=O) groups excluding carboxylic acids is 3. The molecule has 0 unspecified atom stereocenters. The first-order valence-electron chi connectivity index (χ1n) is 8.47. The smallest absolute Gasteiger partial charge is 0.337 e. The van der Waals surface area contributed by atoms with E-state index in [2.05, 4.69) is 15.4 Å². The molecule has 0 heterocycles. The Labute approximate surface area is 162 Å². The minimum atomic E-state index is -0.397. The van der Waals surface area contributed by atoms with E-state index in [0.717, 1.165) is 5.56 Å². The van der Waals surface area contributed by atoms with Gasteiger partial charge in [0.1, 0.15) is 0 Å². The van der Waals surface area contributed by atoms with Gasteiger partial charge in [-0.2, -0.15) is 0 Å². The minimum Gasteiger partial charge on any atom is -0.465 e. The van der Waals surface area contributed by atoms with Gasteiger partial charge in [-0.05, 0) is 48.4 Å². The summed E-state index contributed by atoms with van der Waals surface area (Å²) in [7, 11) is 1.33. The van der Waals surface area contributed by atoms with Crippen LogP contribution in [-0.2, 0) is 16.1 Å². The lowest BCUT2D eigenvalue weighted by Gasteiger charge is -2.07. The number of carbonyl (C=O) groups is 3. The van der Waals surface area contributed by atoms with Crippen molar-refractivity contribution in [2.24, 2.45) is 0 Å². The molecule has 0 aromatic heterocycles. The first-order valence-corrected chi connectivity index (χ1v) is 8.85. The number of nitrogens with one attached hydrogen (secondary N) is 2. The Kier molecular flexibility index (Phi) is 7.82. The number of amides is 2. The highest BCUT2D eigenvalue weighted by Gasteiger charge is 2.07. The highest BCUT2D eigenvalue weighted by molar-refractivity contribution is 6.30. The fraction of sp³-hybridized carbons (Fsp3) is 0.250. The highest BCUT2D eigenvalue weighted by Crippen LogP contribution is 2.09. The Morgan fingerprint density at radius 1 is 0.926 bits per heavy atom. The summed E-state index contributed by atoms with van der Waals surface area (Å²) < 4.78 is 4.63. The Morgan fingerprint density at radius 2 is 1.56 bits per heavy atom. The molecule has 7 heteroatoms. The van der Waals surface area contributed by atoms with Crippen molar-refractivity contribution in [2.45, 2.75) is 19.4 Å². The summed E-state index contributed by atoms with van der Waals surface area (Å²) in [6, 6.07) is 13.4. The molecule has 6 nitrogen and oxygen atoms in total. The Balaban J connectivity index is 1.65. The van der Waals surface area contributed by atoms with Gasteiger partial charge in [-0.1, -0.05) is 23.7 Å². The Hall–Kier alpha value is -2.86. The van der Waals surface area contributed by atoms with E-state index in [-0.39, 0.29) is 11.8 Å². The fourth-order valence-electron chi connectivity index (χ4n) is 2.32. The van der Waals surface area contributed by atoms with E-state index >= 15 is 0 Å². The fourth-order valence-corrected chi connectivity index (χ4v) is 2.45. The van der Waals surface area contributed by atoms with Crippen molar-refractivity contribution in [1.82, 2.24) is 10.6 Å². The van der Waals surface area contributed by atoms with Crippen LogP contribution in [0.2, 0.25) is 5.02 Å². The summed E-state index contributed by atoms with van der Waals surface area (Å²) >= 11 is 5.78. The van der Waals surface area contributed by atoms with Gasteiger partial charge in [-0.25, -0.2) is 4.79 Å². The standard InChI is InChI=1S/C20H21ClN2O4/c1-27-20(26)16-6-4-14(5-7-16)13-23-18(24)3-2-12-22-19(25)15-8-10-17(21)11-9-15/h4-11H,2-3,12-13H2,1H3,(H,22,25)(H,23,24). The van der Waals surface area contributed by atoms with Crippen LogP contribution in [0.4, 0.5) is 0 Å². The first kappa shape index (κ1) is 20.5. The number of methoxy groups -OCH3 is 1. The van der Waals surface area contributed by atoms with E-state index in [1.807, 2.05) is 0 Å². The predicted octanol–water partition coefficient (Wildman–Crippen LogP) is 2.95. The maximum atomic E-state index is 11.9. The van der Waals surface area contributed by atoms with Gasteiger partial charge in [0, 0.05) is 30.1 Å². The molecule has 2 N–H and O–H groups in total. The molecule has 2 rings (SSSR count). The highest BCUT2D eigenvalue weighted by atomic mass is 35.5. The molecule has 27 heavy (non-hydrogen) atoms. The minimum absolute atomic E-state index is 0.104. The van der Waals surface area contributed by atoms with Crippen molar-refractivity contribution in [3.63, 3.8) is 0 Å². The molecule has 0 saturated heterocycles. The summed E-state index contributed by atoms with van der Waals surface area (Å²) in [5.74, 6) is -0.697. The van der Waals surface area contributed by atoms with Crippen molar-refractivity contribution in [1.29, 1.82) is 0 Å².